The molecule has 1 atom stereocenters. The Kier molecular flexibility index (Phi) is 5.59. The van der Waals surface area contributed by atoms with E-state index in [2.05, 4.69) is 5.32 Å². The first-order chi connectivity index (χ1) is 10.0. The average molecular weight is 347 g/mol. The van der Waals surface area contributed by atoms with Crippen molar-refractivity contribution in [2.24, 2.45) is 0 Å². The molecule has 0 aromatic heterocycles. The van der Waals surface area contributed by atoms with Gasteiger partial charge in [-0.2, -0.15) is 0 Å². The molecular weight excluding hydrogens is 333 g/mol. The van der Waals surface area contributed by atoms with Crippen molar-refractivity contribution in [1.29, 1.82) is 0 Å². The zero-order chi connectivity index (χ0) is 15.4. The molecule has 6 heteroatoms. The number of methoxy groups -OCH3 is 1. The van der Waals surface area contributed by atoms with Gasteiger partial charge in [0.1, 0.15) is 5.75 Å². The summed E-state index contributed by atoms with van der Waals surface area (Å²) in [6.07, 6.45) is -0.720. The monoisotopic (exact) mass is 345 g/mol. The first kappa shape index (κ1) is 16.2. The van der Waals surface area contributed by atoms with Gasteiger partial charge in [-0.05, 0) is 29.8 Å². The van der Waals surface area contributed by atoms with E-state index in [9.17, 15) is 5.11 Å². The molecule has 3 nitrogen and oxygen atoms in total. The van der Waals surface area contributed by atoms with E-state index in [0.717, 1.165) is 5.56 Å². The molecule has 2 aromatic rings. The summed E-state index contributed by atoms with van der Waals surface area (Å²) in [5.41, 5.74) is 1.28. The summed E-state index contributed by atoms with van der Waals surface area (Å²) in [7, 11) is 1.58. The molecule has 1 unspecified atom stereocenters. The number of ether oxygens (including phenoxy) is 1. The molecule has 0 aliphatic rings. The quantitative estimate of drug-likeness (QED) is 0.817. The summed E-state index contributed by atoms with van der Waals surface area (Å²) in [6.45, 7) is 0.258. The third-order valence-electron chi connectivity index (χ3n) is 2.96. The number of benzene rings is 2. The Balaban J connectivity index is 2.09. The molecule has 0 saturated carbocycles. The molecule has 0 amide bonds. The van der Waals surface area contributed by atoms with Crippen LogP contribution in [0.25, 0.3) is 0 Å². The van der Waals surface area contributed by atoms with Crippen molar-refractivity contribution in [3.8, 4) is 5.75 Å². The molecule has 0 spiro atoms. The largest absolute Gasteiger partial charge is 0.497 e. The molecule has 2 N–H and O–H groups in total. The van der Waals surface area contributed by atoms with Crippen LogP contribution in [0.5, 0.6) is 5.75 Å². The summed E-state index contributed by atoms with van der Waals surface area (Å²) in [5, 5.41) is 14.5. The summed E-state index contributed by atoms with van der Waals surface area (Å²) >= 11 is 18.0. The summed E-state index contributed by atoms with van der Waals surface area (Å²) < 4.78 is 5.13. The Hall–Kier alpha value is -1.13. The van der Waals surface area contributed by atoms with Gasteiger partial charge in [-0.25, -0.2) is 0 Å². The predicted molar refractivity (Wildman–Crippen MR) is 87.9 cm³/mol. The lowest BCUT2D eigenvalue weighted by atomic mass is 10.1. The summed E-state index contributed by atoms with van der Waals surface area (Å²) in [6, 6.07) is 10.4. The van der Waals surface area contributed by atoms with Crippen LogP contribution in [0.3, 0.4) is 0 Å². The third-order valence-corrected chi connectivity index (χ3v) is 3.77. The van der Waals surface area contributed by atoms with Gasteiger partial charge in [-0.3, -0.25) is 0 Å². The second-order valence-electron chi connectivity index (χ2n) is 4.42. The maximum Gasteiger partial charge on any atom is 0.119 e. The fourth-order valence-corrected chi connectivity index (χ4v) is 2.83. The third kappa shape index (κ3) is 4.17. The highest BCUT2D eigenvalue weighted by molar-refractivity contribution is 6.41. The highest BCUT2D eigenvalue weighted by Gasteiger charge is 2.12. The number of aliphatic hydroxyl groups is 1. The molecule has 0 radical (unpaired) electrons. The molecule has 21 heavy (non-hydrogen) atoms. The summed E-state index contributed by atoms with van der Waals surface area (Å²) in [4.78, 5) is 0. The lowest BCUT2D eigenvalue weighted by Crippen LogP contribution is -2.12. The van der Waals surface area contributed by atoms with Gasteiger partial charge in [-0.15, -0.1) is 0 Å². The zero-order valence-electron chi connectivity index (χ0n) is 11.2. The van der Waals surface area contributed by atoms with E-state index in [1.54, 1.807) is 25.3 Å². The smallest absolute Gasteiger partial charge is 0.119 e. The predicted octanol–water partition coefficient (Wildman–Crippen LogP) is 4.80. The number of nitrogens with one attached hydrogen (secondary N) is 1. The minimum atomic E-state index is -0.720. The van der Waals surface area contributed by atoms with E-state index >= 15 is 0 Å². The van der Waals surface area contributed by atoms with Gasteiger partial charge in [0, 0.05) is 11.6 Å². The van der Waals surface area contributed by atoms with Crippen molar-refractivity contribution in [2.45, 2.75) is 6.10 Å². The molecule has 112 valence electrons. The normalized spacial score (nSPS) is 12.0. The Bertz CT molecular complexity index is 611. The number of hydrogen-bond acceptors (Lipinski definition) is 3. The van der Waals surface area contributed by atoms with Crippen LogP contribution in [0.4, 0.5) is 5.69 Å². The first-order valence-electron chi connectivity index (χ1n) is 6.21. The minimum absolute atomic E-state index is 0.258. The van der Waals surface area contributed by atoms with Gasteiger partial charge in [0.2, 0.25) is 0 Å². The van der Waals surface area contributed by atoms with Crippen molar-refractivity contribution >= 4 is 40.5 Å². The number of aliphatic hydroxyl groups excluding tert-OH is 1. The Morgan fingerprint density at radius 3 is 2.43 bits per heavy atom. The van der Waals surface area contributed by atoms with Crippen LogP contribution in [0.2, 0.25) is 15.1 Å². The van der Waals surface area contributed by atoms with Crippen LogP contribution < -0.4 is 10.1 Å². The standard InChI is InChI=1S/C15H14Cl3NO2/c1-21-11-4-2-3-9(5-11)14(20)8-19-15-12(17)6-10(16)7-13(15)18/h2-7,14,19-20H,8H2,1H3. The minimum Gasteiger partial charge on any atom is -0.497 e. The van der Waals surface area contributed by atoms with Crippen molar-refractivity contribution in [3.05, 3.63) is 57.0 Å². The van der Waals surface area contributed by atoms with Crippen molar-refractivity contribution < 1.29 is 9.84 Å². The first-order valence-corrected chi connectivity index (χ1v) is 7.35. The van der Waals surface area contributed by atoms with E-state index in [-0.39, 0.29) is 6.54 Å². The van der Waals surface area contributed by atoms with Crippen molar-refractivity contribution in [1.82, 2.24) is 0 Å². The van der Waals surface area contributed by atoms with Gasteiger partial charge in [0.05, 0.1) is 28.9 Å². The fraction of sp³-hybridized carbons (Fsp3) is 0.200. The highest BCUT2D eigenvalue weighted by Crippen LogP contribution is 2.34. The van der Waals surface area contributed by atoms with Crippen LogP contribution in [0, 0.1) is 0 Å². The highest BCUT2D eigenvalue weighted by atomic mass is 35.5. The Morgan fingerprint density at radius 2 is 1.81 bits per heavy atom. The van der Waals surface area contributed by atoms with E-state index < -0.39 is 6.10 Å². The van der Waals surface area contributed by atoms with Crippen LogP contribution in [0.1, 0.15) is 11.7 Å². The van der Waals surface area contributed by atoms with Gasteiger partial charge in [0.25, 0.3) is 0 Å². The fourth-order valence-electron chi connectivity index (χ4n) is 1.88. The second kappa shape index (κ2) is 7.23. The SMILES string of the molecule is COc1cccc(C(O)CNc2c(Cl)cc(Cl)cc2Cl)c1. The second-order valence-corrected chi connectivity index (χ2v) is 5.67. The van der Waals surface area contributed by atoms with Gasteiger partial charge < -0.3 is 15.2 Å². The number of hydrogen-bond donors (Lipinski definition) is 2. The van der Waals surface area contributed by atoms with E-state index in [4.69, 9.17) is 39.5 Å². The molecule has 0 heterocycles. The average Bonchev–Trinajstić information content (AvgIpc) is 2.46. The van der Waals surface area contributed by atoms with Crippen molar-refractivity contribution in [3.63, 3.8) is 0 Å². The molecular formula is C15H14Cl3NO2. The number of anilines is 1. The molecule has 0 aliphatic carbocycles. The molecule has 0 bridgehead atoms. The van der Waals surface area contributed by atoms with E-state index in [0.29, 0.717) is 26.5 Å². The van der Waals surface area contributed by atoms with E-state index in [1.807, 2.05) is 18.2 Å². The zero-order valence-corrected chi connectivity index (χ0v) is 13.5. The van der Waals surface area contributed by atoms with Crippen LogP contribution in [-0.2, 0) is 0 Å². The Morgan fingerprint density at radius 1 is 1.14 bits per heavy atom. The molecule has 0 saturated heterocycles. The van der Waals surface area contributed by atoms with Crippen LogP contribution in [-0.4, -0.2) is 18.8 Å². The topological polar surface area (TPSA) is 41.5 Å². The summed E-state index contributed by atoms with van der Waals surface area (Å²) in [5.74, 6) is 0.689. The number of halogens is 3. The molecule has 0 fully saturated rings. The van der Waals surface area contributed by atoms with E-state index in [1.165, 1.54) is 0 Å². The van der Waals surface area contributed by atoms with Crippen LogP contribution in [0.15, 0.2) is 36.4 Å². The van der Waals surface area contributed by atoms with Gasteiger partial charge in [-0.1, -0.05) is 46.9 Å². The van der Waals surface area contributed by atoms with Gasteiger partial charge in [0.15, 0.2) is 0 Å². The Labute approximate surface area is 138 Å². The van der Waals surface area contributed by atoms with Gasteiger partial charge >= 0.3 is 0 Å². The maximum absolute atomic E-state index is 10.2. The molecule has 2 aromatic carbocycles. The lowest BCUT2D eigenvalue weighted by Gasteiger charge is -2.16. The van der Waals surface area contributed by atoms with Crippen molar-refractivity contribution in [2.75, 3.05) is 19.0 Å². The maximum atomic E-state index is 10.2. The number of rotatable bonds is 5. The molecule has 0 aliphatic heterocycles. The van der Waals surface area contributed by atoms with Crippen LogP contribution >= 0.6 is 34.8 Å². The lowest BCUT2D eigenvalue weighted by molar-refractivity contribution is 0.191. The molecule has 2 rings (SSSR count).